The van der Waals surface area contributed by atoms with Crippen LogP contribution in [0, 0.1) is 25.5 Å². The summed E-state index contributed by atoms with van der Waals surface area (Å²) in [5.74, 6) is -0.429. The number of halogens is 2. The predicted octanol–water partition coefficient (Wildman–Crippen LogP) is 5.71. The van der Waals surface area contributed by atoms with Crippen molar-refractivity contribution in [1.82, 2.24) is 10.3 Å². The predicted molar refractivity (Wildman–Crippen MR) is 122 cm³/mol. The number of hydrogen-bond acceptors (Lipinski definition) is 2. The van der Waals surface area contributed by atoms with Crippen LogP contribution in [-0.2, 0) is 6.42 Å². The van der Waals surface area contributed by atoms with Crippen LogP contribution in [0.1, 0.15) is 27.2 Å². The van der Waals surface area contributed by atoms with E-state index in [9.17, 15) is 13.6 Å². The summed E-state index contributed by atoms with van der Waals surface area (Å²) in [7, 11) is 1.49. The molecule has 0 aliphatic carbocycles. The Morgan fingerprint density at radius 1 is 1.00 bits per heavy atom. The van der Waals surface area contributed by atoms with Gasteiger partial charge in [-0.1, -0.05) is 18.2 Å². The van der Waals surface area contributed by atoms with Gasteiger partial charge in [-0.3, -0.25) is 4.79 Å². The van der Waals surface area contributed by atoms with E-state index in [1.54, 1.807) is 36.4 Å². The third-order valence-corrected chi connectivity index (χ3v) is 5.68. The normalized spacial score (nSPS) is 11.0. The minimum atomic E-state index is -0.385. The second kappa shape index (κ2) is 8.83. The number of benzene rings is 3. The summed E-state index contributed by atoms with van der Waals surface area (Å²) in [6, 6.07) is 14.7. The summed E-state index contributed by atoms with van der Waals surface area (Å²) in [5.41, 5.74) is 5.38. The molecule has 0 aliphatic rings. The van der Waals surface area contributed by atoms with Crippen LogP contribution in [0.4, 0.5) is 8.78 Å². The minimum Gasteiger partial charge on any atom is -0.497 e. The molecule has 0 saturated carbocycles. The molecule has 0 aliphatic heterocycles. The molecule has 0 radical (unpaired) electrons. The number of carbonyl (C=O) groups is 1. The van der Waals surface area contributed by atoms with Crippen LogP contribution in [-0.4, -0.2) is 24.5 Å². The van der Waals surface area contributed by atoms with Crippen LogP contribution in [0.2, 0.25) is 0 Å². The molecule has 32 heavy (non-hydrogen) atoms. The topological polar surface area (TPSA) is 54.1 Å². The van der Waals surface area contributed by atoms with E-state index < -0.39 is 0 Å². The maximum absolute atomic E-state index is 14.1. The van der Waals surface area contributed by atoms with Gasteiger partial charge in [-0.25, -0.2) is 8.78 Å². The summed E-state index contributed by atoms with van der Waals surface area (Å²) in [5, 5.41) is 3.80. The van der Waals surface area contributed by atoms with Crippen molar-refractivity contribution < 1.29 is 18.3 Å². The standard InChI is InChI=1S/C26H24F2N2O2/c1-15-4-9-23(28)25-24(15)22(16(2)30-25)10-11-29-26(31)18-7-5-17(6-8-18)19-12-20(27)14-21(13-19)32-3/h4-9,12-14,30H,10-11H2,1-3H3,(H,29,31). The van der Waals surface area contributed by atoms with Crippen molar-refractivity contribution in [3.05, 3.63) is 88.6 Å². The molecule has 0 bridgehead atoms. The van der Waals surface area contributed by atoms with E-state index >= 15 is 0 Å². The Hall–Kier alpha value is -3.67. The fourth-order valence-corrected chi connectivity index (χ4v) is 4.02. The van der Waals surface area contributed by atoms with E-state index in [0.29, 0.717) is 35.4 Å². The average Bonchev–Trinajstić information content (AvgIpc) is 3.13. The molecule has 0 fully saturated rings. The van der Waals surface area contributed by atoms with E-state index in [1.165, 1.54) is 25.3 Å². The van der Waals surface area contributed by atoms with E-state index in [-0.39, 0.29) is 17.5 Å². The zero-order chi connectivity index (χ0) is 22.8. The zero-order valence-corrected chi connectivity index (χ0v) is 18.2. The summed E-state index contributed by atoms with van der Waals surface area (Å²) < 4.78 is 33.0. The quantitative estimate of drug-likeness (QED) is 0.408. The first-order chi connectivity index (χ1) is 15.4. The van der Waals surface area contributed by atoms with E-state index in [4.69, 9.17) is 4.74 Å². The first-order valence-electron chi connectivity index (χ1n) is 10.4. The molecule has 0 atom stereocenters. The first-order valence-corrected chi connectivity index (χ1v) is 10.4. The second-order valence-electron chi connectivity index (χ2n) is 7.81. The maximum Gasteiger partial charge on any atom is 0.251 e. The van der Waals surface area contributed by atoms with Crippen molar-refractivity contribution in [2.75, 3.05) is 13.7 Å². The molecule has 4 rings (SSSR count). The molecule has 1 heterocycles. The van der Waals surface area contributed by atoms with Gasteiger partial charge in [0.25, 0.3) is 5.91 Å². The summed E-state index contributed by atoms with van der Waals surface area (Å²) in [6.45, 7) is 4.29. The number of hydrogen-bond donors (Lipinski definition) is 2. The minimum absolute atomic E-state index is 0.200. The van der Waals surface area contributed by atoms with Gasteiger partial charge in [-0.15, -0.1) is 0 Å². The second-order valence-corrected chi connectivity index (χ2v) is 7.81. The number of amides is 1. The molecule has 0 unspecified atom stereocenters. The van der Waals surface area contributed by atoms with Crippen LogP contribution in [0.25, 0.3) is 22.0 Å². The lowest BCUT2D eigenvalue weighted by Crippen LogP contribution is -2.25. The highest BCUT2D eigenvalue weighted by atomic mass is 19.1. The van der Waals surface area contributed by atoms with Crippen molar-refractivity contribution in [3.8, 4) is 16.9 Å². The Labute approximate surface area is 185 Å². The smallest absolute Gasteiger partial charge is 0.251 e. The molecule has 4 nitrogen and oxygen atoms in total. The van der Waals surface area contributed by atoms with Gasteiger partial charge in [-0.2, -0.15) is 0 Å². The molecule has 0 spiro atoms. The summed E-state index contributed by atoms with van der Waals surface area (Å²) in [6.07, 6.45) is 0.586. The number of H-pyrrole nitrogens is 1. The molecule has 3 aromatic carbocycles. The van der Waals surface area contributed by atoms with Gasteiger partial charge in [0.2, 0.25) is 0 Å². The van der Waals surface area contributed by atoms with Crippen molar-refractivity contribution in [2.24, 2.45) is 0 Å². The van der Waals surface area contributed by atoms with Crippen LogP contribution in [0.5, 0.6) is 5.75 Å². The monoisotopic (exact) mass is 434 g/mol. The third-order valence-electron chi connectivity index (χ3n) is 5.68. The Kier molecular flexibility index (Phi) is 5.95. The fraction of sp³-hybridized carbons (Fsp3) is 0.192. The fourth-order valence-electron chi connectivity index (χ4n) is 4.02. The van der Waals surface area contributed by atoms with Gasteiger partial charge < -0.3 is 15.0 Å². The van der Waals surface area contributed by atoms with E-state index in [2.05, 4.69) is 10.3 Å². The molecule has 1 aromatic heterocycles. The van der Waals surface area contributed by atoms with Crippen LogP contribution in [0.3, 0.4) is 0 Å². The molecule has 164 valence electrons. The highest BCUT2D eigenvalue weighted by Gasteiger charge is 2.14. The molecular weight excluding hydrogens is 410 g/mol. The van der Waals surface area contributed by atoms with Crippen molar-refractivity contribution in [2.45, 2.75) is 20.3 Å². The lowest BCUT2D eigenvalue weighted by atomic mass is 10.0. The number of carbonyl (C=O) groups excluding carboxylic acids is 1. The van der Waals surface area contributed by atoms with Gasteiger partial charge in [-0.05, 0) is 72.9 Å². The van der Waals surface area contributed by atoms with Crippen LogP contribution >= 0.6 is 0 Å². The number of aryl methyl sites for hydroxylation is 2. The number of ether oxygens (including phenoxy) is 1. The van der Waals surface area contributed by atoms with Gasteiger partial charge in [0.05, 0.1) is 12.6 Å². The number of nitrogens with one attached hydrogen (secondary N) is 2. The zero-order valence-electron chi connectivity index (χ0n) is 18.2. The van der Waals surface area contributed by atoms with Crippen LogP contribution < -0.4 is 10.1 Å². The van der Waals surface area contributed by atoms with Gasteiger partial charge in [0, 0.05) is 29.3 Å². The lowest BCUT2D eigenvalue weighted by Gasteiger charge is -2.09. The average molecular weight is 434 g/mol. The molecule has 2 N–H and O–H groups in total. The highest BCUT2D eigenvalue weighted by Crippen LogP contribution is 2.28. The van der Waals surface area contributed by atoms with Crippen LogP contribution in [0.15, 0.2) is 54.6 Å². The Morgan fingerprint density at radius 3 is 2.47 bits per heavy atom. The molecule has 1 amide bonds. The Morgan fingerprint density at radius 2 is 1.75 bits per heavy atom. The van der Waals surface area contributed by atoms with E-state index in [0.717, 1.165) is 27.8 Å². The van der Waals surface area contributed by atoms with Crippen molar-refractivity contribution >= 4 is 16.8 Å². The van der Waals surface area contributed by atoms with Crippen molar-refractivity contribution in [3.63, 3.8) is 0 Å². The first kappa shape index (κ1) is 21.6. The Balaban J connectivity index is 1.44. The lowest BCUT2D eigenvalue weighted by molar-refractivity contribution is 0.0954. The number of methoxy groups -OCH3 is 1. The molecular formula is C26H24F2N2O2. The third kappa shape index (κ3) is 4.21. The van der Waals surface area contributed by atoms with Crippen molar-refractivity contribution in [1.29, 1.82) is 0 Å². The highest BCUT2D eigenvalue weighted by molar-refractivity contribution is 5.95. The number of rotatable bonds is 6. The van der Waals surface area contributed by atoms with Gasteiger partial charge in [0.1, 0.15) is 17.4 Å². The molecule has 4 aromatic rings. The Bertz CT molecular complexity index is 1290. The van der Waals surface area contributed by atoms with Gasteiger partial charge in [0.15, 0.2) is 0 Å². The van der Waals surface area contributed by atoms with Gasteiger partial charge >= 0.3 is 0 Å². The summed E-state index contributed by atoms with van der Waals surface area (Å²) >= 11 is 0. The summed E-state index contributed by atoms with van der Waals surface area (Å²) in [4.78, 5) is 15.7. The maximum atomic E-state index is 14.1. The number of aromatic amines is 1. The molecule has 6 heteroatoms. The largest absolute Gasteiger partial charge is 0.497 e. The number of fused-ring (bicyclic) bond motifs is 1. The molecule has 0 saturated heterocycles. The SMILES string of the molecule is COc1cc(F)cc(-c2ccc(C(=O)NCCc3c(C)[nH]c4c(F)ccc(C)c34)cc2)c1. The number of aromatic nitrogens is 1. The van der Waals surface area contributed by atoms with E-state index in [1.807, 2.05) is 13.8 Å².